The Hall–Kier alpha value is -2.82. The number of carbonyl (C=O) groups is 2. The molecule has 0 heterocycles. The van der Waals surface area contributed by atoms with Crippen molar-refractivity contribution in [3.63, 3.8) is 0 Å². The molecule has 0 aliphatic rings. The Bertz CT molecular complexity index is 727. The van der Waals surface area contributed by atoms with E-state index in [-0.39, 0.29) is 18.4 Å². The van der Waals surface area contributed by atoms with Gasteiger partial charge in [0.05, 0.1) is 13.7 Å². The van der Waals surface area contributed by atoms with Crippen LogP contribution >= 0.6 is 0 Å². The topological polar surface area (TPSA) is 67.4 Å². The van der Waals surface area contributed by atoms with E-state index in [1.807, 2.05) is 32.0 Å². The first kappa shape index (κ1) is 17.5. The summed E-state index contributed by atoms with van der Waals surface area (Å²) in [5.41, 5.74) is 3.70. The van der Waals surface area contributed by atoms with Gasteiger partial charge in [0.2, 0.25) is 5.91 Å². The number of methoxy groups -OCH3 is 1. The fourth-order valence-electron chi connectivity index (χ4n) is 2.37. The normalized spacial score (nSPS) is 10.1. The third-order valence-corrected chi connectivity index (χ3v) is 3.99. The van der Waals surface area contributed by atoms with Gasteiger partial charge in [-0.05, 0) is 48.7 Å². The Balaban J connectivity index is 1.86. The molecule has 2 N–H and O–H groups in total. The average molecular weight is 326 g/mol. The highest BCUT2D eigenvalue weighted by Gasteiger charge is 2.10. The minimum atomic E-state index is -0.262. The van der Waals surface area contributed by atoms with Gasteiger partial charge in [0.15, 0.2) is 0 Å². The van der Waals surface area contributed by atoms with Gasteiger partial charge in [0.25, 0.3) is 5.91 Å². The summed E-state index contributed by atoms with van der Waals surface area (Å²) in [5.74, 6) is 0.340. The maximum Gasteiger partial charge on any atom is 0.251 e. The summed E-state index contributed by atoms with van der Waals surface area (Å²) in [6.07, 6.45) is 0. The lowest BCUT2D eigenvalue weighted by atomic mass is 10.0. The van der Waals surface area contributed by atoms with E-state index in [1.165, 1.54) is 0 Å². The summed E-state index contributed by atoms with van der Waals surface area (Å²) in [5, 5.41) is 5.43. The molecule has 126 valence electrons. The second kappa shape index (κ2) is 8.15. The zero-order chi connectivity index (χ0) is 17.5. The number of hydrogen-bond donors (Lipinski definition) is 2. The van der Waals surface area contributed by atoms with E-state index >= 15 is 0 Å². The molecule has 0 unspecified atom stereocenters. The van der Waals surface area contributed by atoms with E-state index in [0.29, 0.717) is 12.1 Å². The smallest absolute Gasteiger partial charge is 0.251 e. The van der Waals surface area contributed by atoms with Crippen LogP contribution in [0.25, 0.3) is 0 Å². The van der Waals surface area contributed by atoms with Crippen LogP contribution < -0.4 is 15.4 Å². The third kappa shape index (κ3) is 4.35. The minimum Gasteiger partial charge on any atom is -0.496 e. The van der Waals surface area contributed by atoms with Gasteiger partial charge in [-0.2, -0.15) is 0 Å². The van der Waals surface area contributed by atoms with Crippen molar-refractivity contribution in [3.8, 4) is 5.75 Å². The van der Waals surface area contributed by atoms with Crippen molar-refractivity contribution in [1.82, 2.24) is 10.6 Å². The van der Waals surface area contributed by atoms with Gasteiger partial charge in [0, 0.05) is 12.1 Å². The molecule has 0 fully saturated rings. The molecule has 0 aromatic heterocycles. The third-order valence-electron chi connectivity index (χ3n) is 3.99. The van der Waals surface area contributed by atoms with Crippen LogP contribution in [0.1, 0.15) is 27.0 Å². The predicted octanol–water partition coefficient (Wildman–Crippen LogP) is 2.36. The Kier molecular flexibility index (Phi) is 5.95. The summed E-state index contributed by atoms with van der Waals surface area (Å²) < 4.78 is 5.28. The Morgan fingerprint density at radius 3 is 2.33 bits per heavy atom. The molecule has 5 heteroatoms. The van der Waals surface area contributed by atoms with E-state index in [0.717, 1.165) is 22.4 Å². The zero-order valence-corrected chi connectivity index (χ0v) is 14.2. The molecule has 0 bridgehead atoms. The van der Waals surface area contributed by atoms with Crippen molar-refractivity contribution in [2.24, 2.45) is 0 Å². The second-order valence-corrected chi connectivity index (χ2v) is 5.50. The molecule has 2 rings (SSSR count). The number of amides is 2. The van der Waals surface area contributed by atoms with Crippen LogP contribution in [0.4, 0.5) is 0 Å². The highest BCUT2D eigenvalue weighted by Crippen LogP contribution is 2.23. The molecular weight excluding hydrogens is 304 g/mol. The van der Waals surface area contributed by atoms with Crippen molar-refractivity contribution in [1.29, 1.82) is 0 Å². The number of ether oxygens (including phenoxy) is 1. The van der Waals surface area contributed by atoms with Crippen LogP contribution in [-0.2, 0) is 11.3 Å². The quantitative estimate of drug-likeness (QED) is 0.856. The van der Waals surface area contributed by atoms with Crippen LogP contribution in [0, 0.1) is 13.8 Å². The van der Waals surface area contributed by atoms with Crippen molar-refractivity contribution in [2.75, 3.05) is 13.7 Å². The molecule has 5 nitrogen and oxygen atoms in total. The molecule has 0 aliphatic heterocycles. The lowest BCUT2D eigenvalue weighted by Crippen LogP contribution is -2.36. The Morgan fingerprint density at radius 2 is 1.67 bits per heavy atom. The lowest BCUT2D eigenvalue weighted by molar-refractivity contribution is -0.120. The van der Waals surface area contributed by atoms with Crippen LogP contribution in [-0.4, -0.2) is 25.5 Å². The molecule has 2 aromatic rings. The Morgan fingerprint density at radius 1 is 0.958 bits per heavy atom. The number of carbonyl (C=O) groups excluding carboxylic acids is 2. The summed E-state index contributed by atoms with van der Waals surface area (Å²) in [6.45, 7) is 4.34. The molecule has 2 amide bonds. The van der Waals surface area contributed by atoms with Gasteiger partial charge in [0.1, 0.15) is 5.75 Å². The molecule has 0 radical (unpaired) electrons. The molecule has 2 aromatic carbocycles. The van der Waals surface area contributed by atoms with E-state index in [2.05, 4.69) is 10.6 Å². The monoisotopic (exact) mass is 326 g/mol. The van der Waals surface area contributed by atoms with Gasteiger partial charge >= 0.3 is 0 Å². The first-order chi connectivity index (χ1) is 11.5. The van der Waals surface area contributed by atoms with E-state index < -0.39 is 0 Å². The minimum absolute atomic E-state index is 0.0537. The largest absolute Gasteiger partial charge is 0.496 e. The first-order valence-electron chi connectivity index (χ1n) is 7.76. The Labute approximate surface area is 142 Å². The maximum atomic E-state index is 11.9. The average Bonchev–Trinajstić information content (AvgIpc) is 2.61. The number of benzene rings is 2. The van der Waals surface area contributed by atoms with Gasteiger partial charge in [-0.1, -0.05) is 24.3 Å². The fourth-order valence-corrected chi connectivity index (χ4v) is 2.37. The summed E-state index contributed by atoms with van der Waals surface area (Å²) in [4.78, 5) is 23.8. The summed E-state index contributed by atoms with van der Waals surface area (Å²) >= 11 is 0. The van der Waals surface area contributed by atoms with Gasteiger partial charge in [-0.15, -0.1) is 0 Å². The summed E-state index contributed by atoms with van der Waals surface area (Å²) in [6, 6.07) is 12.6. The highest BCUT2D eigenvalue weighted by atomic mass is 16.5. The second-order valence-electron chi connectivity index (χ2n) is 5.50. The zero-order valence-electron chi connectivity index (χ0n) is 14.2. The van der Waals surface area contributed by atoms with E-state index in [1.54, 1.807) is 31.4 Å². The van der Waals surface area contributed by atoms with Crippen LogP contribution in [0.3, 0.4) is 0 Å². The van der Waals surface area contributed by atoms with Crippen molar-refractivity contribution in [3.05, 3.63) is 64.7 Å². The first-order valence-corrected chi connectivity index (χ1v) is 7.76. The van der Waals surface area contributed by atoms with Gasteiger partial charge in [-0.25, -0.2) is 0 Å². The SMILES string of the molecule is COc1ccc(CNC(=O)CNC(=O)c2ccccc2)c(C)c1C. The molecule has 0 saturated carbocycles. The van der Waals surface area contributed by atoms with Crippen molar-refractivity contribution >= 4 is 11.8 Å². The van der Waals surface area contributed by atoms with Gasteiger partial charge < -0.3 is 15.4 Å². The molecule has 0 spiro atoms. The number of nitrogens with one attached hydrogen (secondary N) is 2. The maximum absolute atomic E-state index is 11.9. The summed E-state index contributed by atoms with van der Waals surface area (Å²) in [7, 11) is 1.64. The van der Waals surface area contributed by atoms with Crippen molar-refractivity contribution in [2.45, 2.75) is 20.4 Å². The van der Waals surface area contributed by atoms with Gasteiger partial charge in [-0.3, -0.25) is 9.59 Å². The molecule has 24 heavy (non-hydrogen) atoms. The number of rotatable bonds is 6. The van der Waals surface area contributed by atoms with Crippen LogP contribution in [0.15, 0.2) is 42.5 Å². The fraction of sp³-hybridized carbons (Fsp3) is 0.263. The molecule has 0 saturated heterocycles. The van der Waals surface area contributed by atoms with Crippen molar-refractivity contribution < 1.29 is 14.3 Å². The predicted molar refractivity (Wildman–Crippen MR) is 93.1 cm³/mol. The van der Waals surface area contributed by atoms with E-state index in [4.69, 9.17) is 4.74 Å². The molecule has 0 aliphatic carbocycles. The molecular formula is C19H22N2O3. The lowest BCUT2D eigenvalue weighted by Gasteiger charge is -2.13. The standard InChI is InChI=1S/C19H22N2O3/c1-13-14(2)17(24-3)10-9-16(13)11-20-18(22)12-21-19(23)15-7-5-4-6-8-15/h4-10H,11-12H2,1-3H3,(H,20,22)(H,21,23). The number of hydrogen-bond acceptors (Lipinski definition) is 3. The molecule has 0 atom stereocenters. The van der Waals surface area contributed by atoms with Crippen LogP contribution in [0.5, 0.6) is 5.75 Å². The van der Waals surface area contributed by atoms with Crippen LogP contribution in [0.2, 0.25) is 0 Å². The van der Waals surface area contributed by atoms with E-state index in [9.17, 15) is 9.59 Å². The highest BCUT2D eigenvalue weighted by molar-refractivity contribution is 5.96.